The summed E-state index contributed by atoms with van der Waals surface area (Å²) in [6.07, 6.45) is 0. The van der Waals surface area contributed by atoms with E-state index in [9.17, 15) is 13.9 Å². The van der Waals surface area contributed by atoms with Crippen molar-refractivity contribution >= 4 is 0 Å². The number of hydrogen-bond donors (Lipinski definition) is 1. The van der Waals surface area contributed by atoms with Crippen LogP contribution in [0.2, 0.25) is 0 Å². The molecular formula is C16H16F2O2. The predicted molar refractivity (Wildman–Crippen MR) is 72.8 cm³/mol. The first-order chi connectivity index (χ1) is 9.39. The van der Waals surface area contributed by atoms with Gasteiger partial charge in [0.15, 0.2) is 0 Å². The number of rotatable bonds is 3. The van der Waals surface area contributed by atoms with Crippen molar-refractivity contribution in [3.63, 3.8) is 0 Å². The summed E-state index contributed by atoms with van der Waals surface area (Å²) in [4.78, 5) is 0. The van der Waals surface area contributed by atoms with E-state index in [1.54, 1.807) is 24.3 Å². The number of aryl methyl sites for hydroxylation is 1. The van der Waals surface area contributed by atoms with Crippen LogP contribution in [0.15, 0.2) is 36.4 Å². The summed E-state index contributed by atoms with van der Waals surface area (Å²) in [7, 11) is 1.44. The highest BCUT2D eigenvalue weighted by Gasteiger charge is 2.35. The Morgan fingerprint density at radius 2 is 1.75 bits per heavy atom. The Morgan fingerprint density at radius 1 is 1.10 bits per heavy atom. The Morgan fingerprint density at radius 3 is 2.40 bits per heavy atom. The van der Waals surface area contributed by atoms with Crippen LogP contribution in [0.5, 0.6) is 5.75 Å². The summed E-state index contributed by atoms with van der Waals surface area (Å²) < 4.78 is 33.4. The van der Waals surface area contributed by atoms with Crippen LogP contribution in [0.3, 0.4) is 0 Å². The van der Waals surface area contributed by atoms with Gasteiger partial charge in [0.1, 0.15) is 23.0 Å². The van der Waals surface area contributed by atoms with Crippen molar-refractivity contribution in [1.82, 2.24) is 0 Å². The molecule has 2 nitrogen and oxygen atoms in total. The lowest BCUT2D eigenvalue weighted by atomic mass is 9.86. The maximum absolute atomic E-state index is 14.2. The van der Waals surface area contributed by atoms with Crippen molar-refractivity contribution in [2.75, 3.05) is 7.11 Å². The minimum Gasteiger partial charge on any atom is -0.496 e. The number of hydrogen-bond acceptors (Lipinski definition) is 2. The molecule has 0 fully saturated rings. The second kappa shape index (κ2) is 5.21. The smallest absolute Gasteiger partial charge is 0.135 e. The number of para-hydroxylation sites is 1. The highest BCUT2D eigenvalue weighted by atomic mass is 19.1. The summed E-state index contributed by atoms with van der Waals surface area (Å²) in [5.41, 5.74) is -1.61. The molecule has 0 amide bonds. The third kappa shape index (κ3) is 2.27. The monoisotopic (exact) mass is 278 g/mol. The molecule has 0 aliphatic carbocycles. The highest BCUT2D eigenvalue weighted by molar-refractivity contribution is 5.45. The van der Waals surface area contributed by atoms with Crippen molar-refractivity contribution < 1.29 is 18.6 Å². The van der Waals surface area contributed by atoms with E-state index in [2.05, 4.69) is 0 Å². The molecule has 0 bridgehead atoms. The number of halogens is 2. The van der Waals surface area contributed by atoms with E-state index in [0.29, 0.717) is 11.3 Å². The first kappa shape index (κ1) is 14.5. The molecule has 0 aromatic heterocycles. The zero-order valence-electron chi connectivity index (χ0n) is 11.6. The Labute approximate surface area is 116 Å². The van der Waals surface area contributed by atoms with Crippen molar-refractivity contribution in [3.8, 4) is 5.75 Å². The lowest BCUT2D eigenvalue weighted by Gasteiger charge is -2.27. The van der Waals surface area contributed by atoms with Gasteiger partial charge >= 0.3 is 0 Å². The van der Waals surface area contributed by atoms with Gasteiger partial charge in [0, 0.05) is 5.56 Å². The molecule has 1 atom stereocenters. The van der Waals surface area contributed by atoms with E-state index >= 15 is 0 Å². The van der Waals surface area contributed by atoms with Crippen LogP contribution in [0.4, 0.5) is 8.78 Å². The summed E-state index contributed by atoms with van der Waals surface area (Å²) in [5, 5.41) is 10.7. The molecule has 0 aliphatic rings. The molecule has 0 heterocycles. The number of ether oxygens (including phenoxy) is 1. The van der Waals surface area contributed by atoms with Gasteiger partial charge in [-0.3, -0.25) is 0 Å². The van der Waals surface area contributed by atoms with Crippen LogP contribution in [0.1, 0.15) is 23.6 Å². The predicted octanol–water partition coefficient (Wildman–Crippen LogP) is 3.54. The summed E-state index contributed by atoms with van der Waals surface area (Å²) in [6.45, 7) is 2.88. The lowest BCUT2D eigenvalue weighted by molar-refractivity contribution is 0.0902. The molecule has 2 aromatic carbocycles. The second-order valence-corrected chi connectivity index (χ2v) is 4.83. The second-order valence-electron chi connectivity index (χ2n) is 4.83. The average Bonchev–Trinajstić information content (AvgIpc) is 2.43. The lowest BCUT2D eigenvalue weighted by Crippen LogP contribution is -2.27. The van der Waals surface area contributed by atoms with E-state index in [1.165, 1.54) is 27.0 Å². The number of benzene rings is 2. The van der Waals surface area contributed by atoms with Gasteiger partial charge in [-0.25, -0.2) is 8.78 Å². The fourth-order valence-corrected chi connectivity index (χ4v) is 2.28. The maximum atomic E-state index is 14.2. The molecule has 0 aliphatic heterocycles. The van der Waals surface area contributed by atoms with Gasteiger partial charge in [-0.15, -0.1) is 0 Å². The van der Waals surface area contributed by atoms with Crippen molar-refractivity contribution in [1.29, 1.82) is 0 Å². The largest absolute Gasteiger partial charge is 0.496 e. The standard InChI is InChI=1S/C16H16F2O2/c1-10-8-9-12(17)14(15(10)18)16(2,19)11-6-4-5-7-13(11)20-3/h4-9,19H,1-3H3. The van der Waals surface area contributed by atoms with Crippen LogP contribution in [-0.4, -0.2) is 12.2 Å². The third-order valence-corrected chi connectivity index (χ3v) is 3.40. The van der Waals surface area contributed by atoms with E-state index in [0.717, 1.165) is 6.07 Å². The van der Waals surface area contributed by atoms with Crippen molar-refractivity contribution in [2.45, 2.75) is 19.4 Å². The minimum atomic E-state index is -1.83. The first-order valence-corrected chi connectivity index (χ1v) is 6.20. The fourth-order valence-electron chi connectivity index (χ4n) is 2.28. The Balaban J connectivity index is 2.70. The van der Waals surface area contributed by atoms with Crippen molar-refractivity contribution in [3.05, 3.63) is 64.7 Å². The topological polar surface area (TPSA) is 29.5 Å². The Hall–Kier alpha value is -1.94. The quantitative estimate of drug-likeness (QED) is 0.930. The van der Waals surface area contributed by atoms with Gasteiger partial charge in [-0.2, -0.15) is 0 Å². The Kier molecular flexibility index (Phi) is 3.77. The molecule has 1 N–H and O–H groups in total. The molecule has 0 spiro atoms. The maximum Gasteiger partial charge on any atom is 0.135 e. The van der Waals surface area contributed by atoms with Gasteiger partial charge in [-0.05, 0) is 31.5 Å². The Bertz CT molecular complexity index is 636. The van der Waals surface area contributed by atoms with Gasteiger partial charge < -0.3 is 9.84 Å². The SMILES string of the molecule is COc1ccccc1C(C)(O)c1c(F)ccc(C)c1F. The zero-order valence-corrected chi connectivity index (χ0v) is 11.6. The minimum absolute atomic E-state index is 0.275. The summed E-state index contributed by atoms with van der Waals surface area (Å²) in [6, 6.07) is 9.11. The molecule has 0 saturated heterocycles. The zero-order chi connectivity index (χ0) is 14.9. The molecule has 2 rings (SSSR count). The molecule has 4 heteroatoms. The highest BCUT2D eigenvalue weighted by Crippen LogP contribution is 2.38. The number of aliphatic hydroxyl groups is 1. The van der Waals surface area contributed by atoms with Crippen LogP contribution in [0, 0.1) is 18.6 Å². The van der Waals surface area contributed by atoms with Crippen LogP contribution < -0.4 is 4.74 Å². The average molecular weight is 278 g/mol. The van der Waals surface area contributed by atoms with Crippen LogP contribution in [0.25, 0.3) is 0 Å². The molecule has 2 aromatic rings. The molecular weight excluding hydrogens is 262 g/mol. The molecule has 0 radical (unpaired) electrons. The van der Waals surface area contributed by atoms with Gasteiger partial charge in [0.05, 0.1) is 12.7 Å². The normalized spacial score (nSPS) is 13.9. The summed E-state index contributed by atoms with van der Waals surface area (Å²) in [5.74, 6) is -1.16. The molecule has 0 saturated carbocycles. The first-order valence-electron chi connectivity index (χ1n) is 6.20. The molecule has 106 valence electrons. The van der Waals surface area contributed by atoms with Gasteiger partial charge in [0.2, 0.25) is 0 Å². The van der Waals surface area contributed by atoms with Gasteiger partial charge in [-0.1, -0.05) is 24.3 Å². The van der Waals surface area contributed by atoms with E-state index < -0.39 is 17.2 Å². The molecule has 1 unspecified atom stereocenters. The fraction of sp³-hybridized carbons (Fsp3) is 0.250. The van der Waals surface area contributed by atoms with Gasteiger partial charge in [0.25, 0.3) is 0 Å². The van der Waals surface area contributed by atoms with Crippen LogP contribution >= 0.6 is 0 Å². The number of methoxy groups -OCH3 is 1. The van der Waals surface area contributed by atoms with E-state index in [1.807, 2.05) is 0 Å². The van der Waals surface area contributed by atoms with E-state index in [4.69, 9.17) is 4.74 Å². The van der Waals surface area contributed by atoms with Crippen LogP contribution in [-0.2, 0) is 5.60 Å². The van der Waals surface area contributed by atoms with Crippen molar-refractivity contribution in [2.24, 2.45) is 0 Å². The van der Waals surface area contributed by atoms with E-state index in [-0.39, 0.29) is 11.1 Å². The summed E-state index contributed by atoms with van der Waals surface area (Å²) >= 11 is 0. The molecule has 20 heavy (non-hydrogen) atoms. The third-order valence-electron chi connectivity index (χ3n) is 3.40.